The third-order valence-electron chi connectivity index (χ3n) is 2.64. The number of aromatic nitrogens is 2. The summed E-state index contributed by atoms with van der Waals surface area (Å²) < 4.78 is 39.6. The Morgan fingerprint density at radius 2 is 2.06 bits per heavy atom. The van der Waals surface area contributed by atoms with Gasteiger partial charge < -0.3 is 10.1 Å². The van der Waals surface area contributed by atoms with Crippen molar-refractivity contribution < 1.29 is 18.3 Å². The first-order valence-corrected chi connectivity index (χ1v) is 5.34. The van der Waals surface area contributed by atoms with Crippen LogP contribution in [0, 0.1) is 0 Å². The van der Waals surface area contributed by atoms with Crippen LogP contribution in [0.4, 0.5) is 13.2 Å². The highest BCUT2D eigenvalue weighted by Crippen LogP contribution is 2.33. The Balaban J connectivity index is 2.69. The molecule has 0 aliphatic heterocycles. The molecule has 4 nitrogen and oxygen atoms in total. The SMILES string of the molecule is O=c1[nH]c2cccc(C(F)(F)F)c2n1CCCO. The Labute approximate surface area is 99.7 Å². The molecule has 0 saturated carbocycles. The van der Waals surface area contributed by atoms with Crippen molar-refractivity contribution in [2.45, 2.75) is 19.1 Å². The smallest absolute Gasteiger partial charge is 0.396 e. The monoisotopic (exact) mass is 260 g/mol. The molecule has 0 radical (unpaired) electrons. The lowest BCUT2D eigenvalue weighted by Gasteiger charge is -2.10. The first-order valence-electron chi connectivity index (χ1n) is 5.34. The number of aryl methyl sites for hydroxylation is 1. The summed E-state index contributed by atoms with van der Waals surface area (Å²) in [5.74, 6) is 0. The molecule has 0 bridgehead atoms. The van der Waals surface area contributed by atoms with E-state index < -0.39 is 17.4 Å². The Bertz CT molecular complexity index is 613. The van der Waals surface area contributed by atoms with Crippen LogP contribution in [0.15, 0.2) is 23.0 Å². The molecule has 7 heteroatoms. The van der Waals surface area contributed by atoms with Crippen molar-refractivity contribution in [1.82, 2.24) is 9.55 Å². The lowest BCUT2D eigenvalue weighted by Crippen LogP contribution is -2.19. The summed E-state index contributed by atoms with van der Waals surface area (Å²) in [6.07, 6.45) is -4.30. The van der Waals surface area contributed by atoms with E-state index in [0.29, 0.717) is 0 Å². The van der Waals surface area contributed by atoms with Crippen LogP contribution in [0.1, 0.15) is 12.0 Å². The van der Waals surface area contributed by atoms with Crippen LogP contribution in [0.2, 0.25) is 0 Å². The Hall–Kier alpha value is -1.76. The van der Waals surface area contributed by atoms with Crippen LogP contribution in [0.25, 0.3) is 11.0 Å². The Morgan fingerprint density at radius 1 is 1.33 bits per heavy atom. The molecule has 1 aromatic heterocycles. The number of aliphatic hydroxyl groups excluding tert-OH is 1. The van der Waals surface area contributed by atoms with Gasteiger partial charge in [0.2, 0.25) is 0 Å². The van der Waals surface area contributed by atoms with Crippen molar-refractivity contribution in [3.8, 4) is 0 Å². The van der Waals surface area contributed by atoms with Crippen LogP contribution in [-0.2, 0) is 12.7 Å². The molecule has 0 saturated heterocycles. The van der Waals surface area contributed by atoms with E-state index in [9.17, 15) is 18.0 Å². The molecule has 0 aliphatic rings. The second kappa shape index (κ2) is 4.49. The van der Waals surface area contributed by atoms with E-state index >= 15 is 0 Å². The first kappa shape index (κ1) is 12.7. The molecule has 98 valence electrons. The van der Waals surface area contributed by atoms with E-state index in [4.69, 9.17) is 5.11 Å². The number of imidazole rings is 1. The van der Waals surface area contributed by atoms with Gasteiger partial charge in [-0.15, -0.1) is 0 Å². The summed E-state index contributed by atoms with van der Waals surface area (Å²) in [7, 11) is 0. The average Bonchev–Trinajstić information content (AvgIpc) is 2.60. The van der Waals surface area contributed by atoms with Crippen LogP contribution in [0.5, 0.6) is 0 Å². The van der Waals surface area contributed by atoms with Crippen LogP contribution >= 0.6 is 0 Å². The average molecular weight is 260 g/mol. The standard InChI is InChI=1S/C11H11F3N2O2/c12-11(13,14)7-3-1-4-8-9(7)16(5-2-6-17)10(18)15-8/h1,3-4,17H,2,5-6H2,(H,15,18). The number of hydrogen-bond acceptors (Lipinski definition) is 2. The normalized spacial score (nSPS) is 12.2. The van der Waals surface area contributed by atoms with Crippen molar-refractivity contribution in [2.75, 3.05) is 6.61 Å². The number of aromatic amines is 1. The number of benzene rings is 1. The molecule has 1 aromatic carbocycles. The zero-order chi connectivity index (χ0) is 13.3. The maximum Gasteiger partial charge on any atom is 0.418 e. The molecule has 0 aliphatic carbocycles. The highest BCUT2D eigenvalue weighted by atomic mass is 19.4. The van der Waals surface area contributed by atoms with Gasteiger partial charge in [-0.3, -0.25) is 4.57 Å². The molecule has 18 heavy (non-hydrogen) atoms. The van der Waals surface area contributed by atoms with Gasteiger partial charge in [0, 0.05) is 13.2 Å². The van der Waals surface area contributed by atoms with E-state index in [2.05, 4.69) is 4.98 Å². The minimum atomic E-state index is -4.52. The minimum Gasteiger partial charge on any atom is -0.396 e. The van der Waals surface area contributed by atoms with Gasteiger partial charge in [-0.2, -0.15) is 13.2 Å². The van der Waals surface area contributed by atoms with Gasteiger partial charge in [-0.1, -0.05) is 6.07 Å². The van der Waals surface area contributed by atoms with Crippen LogP contribution in [0.3, 0.4) is 0 Å². The molecular weight excluding hydrogens is 249 g/mol. The number of nitrogens with one attached hydrogen (secondary N) is 1. The summed E-state index contributed by atoms with van der Waals surface area (Å²) >= 11 is 0. The fraction of sp³-hybridized carbons (Fsp3) is 0.364. The predicted octanol–water partition coefficient (Wildman–Crippen LogP) is 1.73. The number of H-pyrrole nitrogens is 1. The molecule has 2 aromatic rings. The molecule has 0 atom stereocenters. The van der Waals surface area contributed by atoms with Crippen molar-refractivity contribution >= 4 is 11.0 Å². The Kier molecular flexibility index (Phi) is 3.16. The summed E-state index contributed by atoms with van der Waals surface area (Å²) in [6.45, 7) is -0.143. The molecule has 1 heterocycles. The van der Waals surface area contributed by atoms with Crippen molar-refractivity contribution in [2.24, 2.45) is 0 Å². The lowest BCUT2D eigenvalue weighted by atomic mass is 10.1. The zero-order valence-corrected chi connectivity index (χ0v) is 9.29. The number of fused-ring (bicyclic) bond motifs is 1. The fourth-order valence-corrected chi connectivity index (χ4v) is 1.89. The van der Waals surface area contributed by atoms with Crippen molar-refractivity contribution in [3.63, 3.8) is 0 Å². The third kappa shape index (κ3) is 2.13. The molecule has 2 rings (SSSR count). The van der Waals surface area contributed by atoms with Crippen molar-refractivity contribution in [3.05, 3.63) is 34.2 Å². The topological polar surface area (TPSA) is 58.0 Å². The number of para-hydroxylation sites is 1. The summed E-state index contributed by atoms with van der Waals surface area (Å²) in [5, 5.41) is 8.71. The largest absolute Gasteiger partial charge is 0.418 e. The van der Waals surface area contributed by atoms with E-state index in [1.54, 1.807) is 0 Å². The molecule has 0 fully saturated rings. The quantitative estimate of drug-likeness (QED) is 0.883. The highest BCUT2D eigenvalue weighted by molar-refractivity contribution is 5.79. The minimum absolute atomic E-state index is 0.0441. The number of hydrogen-bond donors (Lipinski definition) is 2. The maximum absolute atomic E-state index is 12.9. The van der Waals surface area contributed by atoms with E-state index in [1.807, 2.05) is 0 Å². The number of alkyl halides is 3. The van der Waals surface area contributed by atoms with Gasteiger partial charge in [0.25, 0.3) is 0 Å². The Morgan fingerprint density at radius 3 is 2.67 bits per heavy atom. The van der Waals surface area contributed by atoms with E-state index in [0.717, 1.165) is 10.6 Å². The maximum atomic E-state index is 12.9. The number of halogens is 3. The summed E-state index contributed by atoms with van der Waals surface area (Å²) in [4.78, 5) is 14.0. The molecular formula is C11H11F3N2O2. The van der Waals surface area contributed by atoms with Gasteiger partial charge in [-0.05, 0) is 18.6 Å². The second-order valence-corrected chi connectivity index (χ2v) is 3.86. The molecule has 0 unspecified atom stereocenters. The number of nitrogens with zero attached hydrogens (tertiary/aromatic N) is 1. The van der Waals surface area contributed by atoms with Crippen LogP contribution in [-0.4, -0.2) is 21.3 Å². The van der Waals surface area contributed by atoms with Crippen LogP contribution < -0.4 is 5.69 Å². The molecule has 2 N–H and O–H groups in total. The van der Waals surface area contributed by atoms with Gasteiger partial charge in [0.15, 0.2) is 0 Å². The summed E-state index contributed by atoms with van der Waals surface area (Å²) in [6, 6.07) is 3.60. The predicted molar refractivity (Wildman–Crippen MR) is 59.3 cm³/mol. The van der Waals surface area contributed by atoms with Gasteiger partial charge in [-0.25, -0.2) is 4.79 Å². The van der Waals surface area contributed by atoms with Gasteiger partial charge in [0.05, 0.1) is 16.6 Å². The van der Waals surface area contributed by atoms with Gasteiger partial charge >= 0.3 is 11.9 Å². The van der Waals surface area contributed by atoms with E-state index in [-0.39, 0.29) is 30.6 Å². The summed E-state index contributed by atoms with van der Waals surface area (Å²) in [5.41, 5.74) is -1.47. The van der Waals surface area contributed by atoms with Crippen molar-refractivity contribution in [1.29, 1.82) is 0 Å². The zero-order valence-electron chi connectivity index (χ0n) is 9.29. The van der Waals surface area contributed by atoms with E-state index in [1.165, 1.54) is 12.1 Å². The first-order chi connectivity index (χ1) is 8.45. The lowest BCUT2D eigenvalue weighted by molar-refractivity contribution is -0.136. The highest BCUT2D eigenvalue weighted by Gasteiger charge is 2.34. The molecule has 0 amide bonds. The fourth-order valence-electron chi connectivity index (χ4n) is 1.89. The molecule has 0 spiro atoms. The third-order valence-corrected chi connectivity index (χ3v) is 2.64. The van der Waals surface area contributed by atoms with Gasteiger partial charge in [0.1, 0.15) is 0 Å². The number of aliphatic hydroxyl groups is 1. The number of rotatable bonds is 3. The second-order valence-electron chi connectivity index (χ2n) is 3.86.